The number of anilines is 1. The van der Waals surface area contributed by atoms with Crippen molar-refractivity contribution in [3.8, 4) is 5.75 Å². The van der Waals surface area contributed by atoms with Crippen LogP contribution in [-0.2, 0) is 20.0 Å². The molecule has 3 rings (SSSR count). The number of nitrogens with one attached hydrogen (secondary N) is 1. The van der Waals surface area contributed by atoms with E-state index in [9.17, 15) is 21.6 Å². The highest BCUT2D eigenvalue weighted by atomic mass is 32.2. The lowest BCUT2D eigenvalue weighted by Crippen LogP contribution is -2.47. The topological polar surface area (TPSA) is 116 Å². The van der Waals surface area contributed by atoms with Gasteiger partial charge in [0.15, 0.2) is 0 Å². The maximum atomic E-state index is 13.0. The van der Waals surface area contributed by atoms with Crippen LogP contribution in [0.15, 0.2) is 52.3 Å². The monoisotopic (exact) mass is 496 g/mol. The summed E-state index contributed by atoms with van der Waals surface area (Å²) in [7, 11) is -1.47. The van der Waals surface area contributed by atoms with Crippen molar-refractivity contribution in [3.63, 3.8) is 0 Å². The quantitative estimate of drug-likeness (QED) is 0.611. The predicted molar refractivity (Wildman–Crippen MR) is 125 cm³/mol. The van der Waals surface area contributed by atoms with Crippen LogP contribution in [-0.4, -0.2) is 90.7 Å². The largest absolute Gasteiger partial charge is 0.495 e. The second-order valence-electron chi connectivity index (χ2n) is 7.84. The Hall–Kier alpha value is -2.51. The smallest absolute Gasteiger partial charge is 0.255 e. The van der Waals surface area contributed by atoms with Crippen LogP contribution in [0.25, 0.3) is 0 Å². The number of ether oxygens (including phenoxy) is 1. The van der Waals surface area contributed by atoms with Crippen LogP contribution in [0.3, 0.4) is 0 Å². The van der Waals surface area contributed by atoms with E-state index < -0.39 is 26.0 Å². The summed E-state index contributed by atoms with van der Waals surface area (Å²) in [6.45, 7) is 2.03. The van der Waals surface area contributed by atoms with Crippen molar-refractivity contribution in [2.24, 2.45) is 0 Å². The Morgan fingerprint density at radius 1 is 1.00 bits per heavy atom. The molecule has 1 amide bonds. The number of hydrogen-bond donors (Lipinski definition) is 1. The second-order valence-corrected chi connectivity index (χ2v) is 11.9. The van der Waals surface area contributed by atoms with E-state index in [0.717, 1.165) is 4.31 Å². The van der Waals surface area contributed by atoms with Gasteiger partial charge in [0, 0.05) is 51.5 Å². The average Bonchev–Trinajstić information content (AvgIpc) is 2.79. The summed E-state index contributed by atoms with van der Waals surface area (Å²) in [5, 5.41) is 2.63. The van der Waals surface area contributed by atoms with Crippen LogP contribution in [0.4, 0.5) is 5.69 Å². The molecule has 0 radical (unpaired) electrons. The Balaban J connectivity index is 1.86. The summed E-state index contributed by atoms with van der Waals surface area (Å²) in [5.74, 6) is -0.425. The van der Waals surface area contributed by atoms with Crippen LogP contribution < -0.4 is 10.1 Å². The van der Waals surface area contributed by atoms with Crippen LogP contribution in [0, 0.1) is 0 Å². The number of carbonyl (C=O) groups is 1. The molecule has 1 saturated heterocycles. The first kappa shape index (κ1) is 25.1. The first-order valence-electron chi connectivity index (χ1n) is 10.2. The zero-order valence-electron chi connectivity index (χ0n) is 19.0. The van der Waals surface area contributed by atoms with Crippen LogP contribution in [0.2, 0.25) is 0 Å². The molecule has 0 unspecified atom stereocenters. The predicted octanol–water partition coefficient (Wildman–Crippen LogP) is 1.13. The molecule has 33 heavy (non-hydrogen) atoms. The number of benzene rings is 2. The van der Waals surface area contributed by atoms with Crippen molar-refractivity contribution >= 4 is 31.6 Å². The van der Waals surface area contributed by atoms with Gasteiger partial charge in [-0.3, -0.25) is 4.79 Å². The van der Waals surface area contributed by atoms with Crippen molar-refractivity contribution in [1.82, 2.24) is 13.5 Å². The molecule has 0 spiro atoms. The second kappa shape index (κ2) is 9.77. The summed E-state index contributed by atoms with van der Waals surface area (Å²) >= 11 is 0. The highest BCUT2D eigenvalue weighted by Crippen LogP contribution is 2.29. The van der Waals surface area contributed by atoms with Crippen molar-refractivity contribution in [3.05, 3.63) is 48.0 Å². The number of likely N-dealkylation sites (N-methyl/N-ethyl adjacent to an activating group) is 1. The first-order chi connectivity index (χ1) is 15.5. The van der Waals surface area contributed by atoms with E-state index >= 15 is 0 Å². The number of rotatable bonds is 7. The minimum Gasteiger partial charge on any atom is -0.495 e. The number of amides is 1. The summed E-state index contributed by atoms with van der Waals surface area (Å²) in [6, 6.07) is 10.0. The van der Waals surface area contributed by atoms with Gasteiger partial charge in [-0.05, 0) is 43.4 Å². The van der Waals surface area contributed by atoms with Gasteiger partial charge in [-0.15, -0.1) is 0 Å². The van der Waals surface area contributed by atoms with Crippen molar-refractivity contribution in [2.75, 3.05) is 59.7 Å². The van der Waals surface area contributed by atoms with Crippen molar-refractivity contribution < 1.29 is 26.4 Å². The highest BCUT2D eigenvalue weighted by molar-refractivity contribution is 7.89. The molecule has 0 bridgehead atoms. The Morgan fingerprint density at radius 3 is 2.27 bits per heavy atom. The van der Waals surface area contributed by atoms with Crippen molar-refractivity contribution in [1.29, 1.82) is 0 Å². The molecule has 1 heterocycles. The van der Waals surface area contributed by atoms with E-state index in [4.69, 9.17) is 4.74 Å². The van der Waals surface area contributed by atoms with Gasteiger partial charge in [0.1, 0.15) is 10.6 Å². The fourth-order valence-electron chi connectivity index (χ4n) is 3.33. The molecule has 1 aliphatic rings. The molecule has 0 atom stereocenters. The third-order valence-electron chi connectivity index (χ3n) is 5.38. The Morgan fingerprint density at radius 2 is 1.67 bits per heavy atom. The molecular formula is C21H28N4O6S2. The van der Waals surface area contributed by atoms with Crippen LogP contribution in [0.5, 0.6) is 5.75 Å². The molecule has 0 aromatic heterocycles. The number of hydrogen-bond acceptors (Lipinski definition) is 7. The van der Waals surface area contributed by atoms with Crippen LogP contribution >= 0.6 is 0 Å². The molecule has 0 saturated carbocycles. The van der Waals surface area contributed by atoms with Crippen molar-refractivity contribution in [2.45, 2.75) is 9.79 Å². The summed E-state index contributed by atoms with van der Waals surface area (Å²) in [6.07, 6.45) is 0. The highest BCUT2D eigenvalue weighted by Gasteiger charge is 2.28. The number of methoxy groups -OCH3 is 1. The number of sulfonamides is 2. The van der Waals surface area contributed by atoms with E-state index in [0.29, 0.717) is 26.2 Å². The summed E-state index contributed by atoms with van der Waals surface area (Å²) in [4.78, 5) is 14.8. The van der Waals surface area contributed by atoms with E-state index in [1.165, 1.54) is 68.0 Å². The summed E-state index contributed by atoms with van der Waals surface area (Å²) in [5.41, 5.74) is 0.367. The fraction of sp³-hybridized carbons (Fsp3) is 0.381. The van der Waals surface area contributed by atoms with E-state index in [1.54, 1.807) is 0 Å². The van der Waals surface area contributed by atoms with Gasteiger partial charge in [-0.25, -0.2) is 21.1 Å². The zero-order valence-corrected chi connectivity index (χ0v) is 20.6. The van der Waals surface area contributed by atoms with E-state index in [1.807, 2.05) is 7.05 Å². The first-order valence-corrected chi connectivity index (χ1v) is 13.1. The van der Waals surface area contributed by atoms with Crippen LogP contribution in [0.1, 0.15) is 10.4 Å². The molecule has 1 fully saturated rings. The number of carbonyl (C=O) groups excluding carboxylic acids is 1. The number of piperazine rings is 1. The molecule has 180 valence electrons. The standard InChI is InChI=1S/C21H28N4O6S2/c1-23(2)33(29,30)20-15-17(8-9-19(20)31-4)22-21(26)16-6-5-7-18(14-16)32(27,28)25-12-10-24(3)11-13-25/h5-9,14-15H,10-13H2,1-4H3,(H,22,26). The molecule has 0 aliphatic carbocycles. The molecular weight excluding hydrogens is 468 g/mol. The molecule has 10 nitrogen and oxygen atoms in total. The Labute approximate surface area is 194 Å². The van der Waals surface area contributed by atoms with Gasteiger partial charge in [0.05, 0.1) is 12.0 Å². The lowest BCUT2D eigenvalue weighted by atomic mass is 10.2. The van der Waals surface area contributed by atoms with Gasteiger partial charge >= 0.3 is 0 Å². The molecule has 2 aromatic carbocycles. The minimum absolute atomic E-state index is 0.0327. The molecule has 2 aromatic rings. The third-order valence-corrected chi connectivity index (χ3v) is 9.11. The SMILES string of the molecule is COc1ccc(NC(=O)c2cccc(S(=O)(=O)N3CCN(C)CC3)c2)cc1S(=O)(=O)N(C)C. The summed E-state index contributed by atoms with van der Waals surface area (Å²) < 4.78 is 58.8. The maximum absolute atomic E-state index is 13.0. The fourth-order valence-corrected chi connectivity index (χ4v) is 5.87. The minimum atomic E-state index is -3.82. The van der Waals surface area contributed by atoms with E-state index in [2.05, 4.69) is 10.2 Å². The maximum Gasteiger partial charge on any atom is 0.255 e. The third kappa shape index (κ3) is 5.36. The number of nitrogens with zero attached hydrogens (tertiary/aromatic N) is 3. The normalized spacial score (nSPS) is 16.0. The Bertz CT molecular complexity index is 1240. The zero-order chi connectivity index (χ0) is 24.4. The van der Waals surface area contributed by atoms with Gasteiger partial charge < -0.3 is 15.0 Å². The Kier molecular flexibility index (Phi) is 7.44. The van der Waals surface area contributed by atoms with E-state index in [-0.39, 0.29) is 26.8 Å². The molecule has 1 N–H and O–H groups in total. The van der Waals surface area contributed by atoms with Gasteiger partial charge in [-0.1, -0.05) is 6.07 Å². The lowest BCUT2D eigenvalue weighted by Gasteiger charge is -2.31. The lowest BCUT2D eigenvalue weighted by molar-refractivity contribution is 0.102. The van der Waals surface area contributed by atoms with Gasteiger partial charge in [-0.2, -0.15) is 4.31 Å². The van der Waals surface area contributed by atoms with Gasteiger partial charge in [0.2, 0.25) is 20.0 Å². The molecule has 1 aliphatic heterocycles. The average molecular weight is 497 g/mol. The molecule has 12 heteroatoms. The van der Waals surface area contributed by atoms with Gasteiger partial charge in [0.25, 0.3) is 5.91 Å².